The molecule has 1 aliphatic carbocycles. The van der Waals surface area contributed by atoms with E-state index in [1.54, 1.807) is 0 Å². The average molecular weight is 283 g/mol. The predicted octanol–water partition coefficient (Wildman–Crippen LogP) is 2.80. The Balaban J connectivity index is 0.00000180. The molecule has 1 fully saturated rings. The van der Waals surface area contributed by atoms with Gasteiger partial charge in [0.2, 0.25) is 5.91 Å². The van der Waals surface area contributed by atoms with Crippen molar-refractivity contribution in [2.75, 3.05) is 6.54 Å². The molecule has 3 nitrogen and oxygen atoms in total. The third-order valence-electron chi connectivity index (χ3n) is 3.77. The van der Waals surface area contributed by atoms with Crippen LogP contribution in [0.2, 0.25) is 0 Å². The summed E-state index contributed by atoms with van der Waals surface area (Å²) in [6.07, 6.45) is 6.43. The van der Waals surface area contributed by atoms with Crippen LogP contribution in [-0.2, 0) is 4.79 Å². The van der Waals surface area contributed by atoms with E-state index in [2.05, 4.69) is 5.32 Å². The van der Waals surface area contributed by atoms with E-state index in [9.17, 15) is 4.79 Å². The van der Waals surface area contributed by atoms with Crippen LogP contribution in [0.15, 0.2) is 30.3 Å². The second-order valence-electron chi connectivity index (χ2n) is 5.12. The standard InChI is InChI=1S/C15H22N2O.ClH/c16-14(13-8-2-1-3-9-13)15(18)17-11-10-12-6-4-5-7-12;/h1-3,8-9,12,14H,4-7,10-11,16H2,(H,17,18);1H. The topological polar surface area (TPSA) is 55.1 Å². The van der Waals surface area contributed by atoms with Gasteiger partial charge in [0.1, 0.15) is 6.04 Å². The van der Waals surface area contributed by atoms with Gasteiger partial charge in [-0.1, -0.05) is 56.0 Å². The zero-order chi connectivity index (χ0) is 12.8. The average Bonchev–Trinajstić information content (AvgIpc) is 2.92. The summed E-state index contributed by atoms with van der Waals surface area (Å²) in [5.41, 5.74) is 6.79. The number of hydrogen-bond acceptors (Lipinski definition) is 2. The van der Waals surface area contributed by atoms with Gasteiger partial charge < -0.3 is 11.1 Å². The van der Waals surface area contributed by atoms with E-state index in [1.165, 1.54) is 25.7 Å². The summed E-state index contributed by atoms with van der Waals surface area (Å²) >= 11 is 0. The Bertz CT molecular complexity index is 377. The van der Waals surface area contributed by atoms with Crippen LogP contribution in [0.5, 0.6) is 0 Å². The van der Waals surface area contributed by atoms with Crippen molar-refractivity contribution in [3.8, 4) is 0 Å². The molecule has 0 spiro atoms. The van der Waals surface area contributed by atoms with E-state index >= 15 is 0 Å². The SMILES string of the molecule is Cl.NC(C(=O)NCCC1CCCC1)c1ccccc1. The first-order valence-corrected chi connectivity index (χ1v) is 6.85. The van der Waals surface area contributed by atoms with Crippen LogP contribution in [0, 0.1) is 5.92 Å². The van der Waals surface area contributed by atoms with Crippen LogP contribution in [0.4, 0.5) is 0 Å². The van der Waals surface area contributed by atoms with Gasteiger partial charge in [0, 0.05) is 6.54 Å². The molecule has 19 heavy (non-hydrogen) atoms. The lowest BCUT2D eigenvalue weighted by Gasteiger charge is -2.14. The van der Waals surface area contributed by atoms with Crippen molar-refractivity contribution in [2.24, 2.45) is 11.7 Å². The molecule has 4 heteroatoms. The molecule has 0 saturated heterocycles. The highest BCUT2D eigenvalue weighted by Crippen LogP contribution is 2.26. The van der Waals surface area contributed by atoms with E-state index in [-0.39, 0.29) is 18.3 Å². The lowest BCUT2D eigenvalue weighted by molar-refractivity contribution is -0.122. The van der Waals surface area contributed by atoms with Crippen LogP contribution in [-0.4, -0.2) is 12.5 Å². The summed E-state index contributed by atoms with van der Waals surface area (Å²) in [5, 5.41) is 2.94. The van der Waals surface area contributed by atoms with Crippen molar-refractivity contribution < 1.29 is 4.79 Å². The van der Waals surface area contributed by atoms with Gasteiger partial charge >= 0.3 is 0 Å². The van der Waals surface area contributed by atoms with Gasteiger partial charge in [-0.2, -0.15) is 0 Å². The van der Waals surface area contributed by atoms with E-state index in [0.717, 1.165) is 24.4 Å². The van der Waals surface area contributed by atoms with E-state index in [4.69, 9.17) is 5.73 Å². The summed E-state index contributed by atoms with van der Waals surface area (Å²) in [6, 6.07) is 8.97. The molecule has 0 aliphatic heterocycles. The Morgan fingerprint density at radius 2 is 1.89 bits per heavy atom. The highest BCUT2D eigenvalue weighted by atomic mass is 35.5. The van der Waals surface area contributed by atoms with Crippen LogP contribution < -0.4 is 11.1 Å². The number of benzene rings is 1. The highest BCUT2D eigenvalue weighted by Gasteiger charge is 2.17. The Kier molecular flexibility index (Phi) is 6.89. The van der Waals surface area contributed by atoms with Crippen molar-refractivity contribution in [1.82, 2.24) is 5.32 Å². The van der Waals surface area contributed by atoms with Crippen LogP contribution in [0.3, 0.4) is 0 Å². The summed E-state index contributed by atoms with van der Waals surface area (Å²) < 4.78 is 0. The van der Waals surface area contributed by atoms with E-state index in [1.807, 2.05) is 30.3 Å². The lowest BCUT2D eigenvalue weighted by atomic mass is 10.0. The second-order valence-corrected chi connectivity index (χ2v) is 5.12. The maximum Gasteiger partial charge on any atom is 0.241 e. The first kappa shape index (κ1) is 16.0. The van der Waals surface area contributed by atoms with Gasteiger partial charge in [-0.15, -0.1) is 12.4 Å². The second kappa shape index (κ2) is 8.18. The fourth-order valence-electron chi connectivity index (χ4n) is 2.62. The molecule has 1 aromatic carbocycles. The Hall–Kier alpha value is -1.06. The molecule has 2 rings (SSSR count). The molecule has 1 unspecified atom stereocenters. The zero-order valence-electron chi connectivity index (χ0n) is 11.2. The molecule has 0 aromatic heterocycles. The van der Waals surface area contributed by atoms with Gasteiger partial charge in [-0.25, -0.2) is 0 Å². The fraction of sp³-hybridized carbons (Fsp3) is 0.533. The van der Waals surface area contributed by atoms with Gasteiger partial charge in [0.05, 0.1) is 0 Å². The number of amides is 1. The van der Waals surface area contributed by atoms with Gasteiger partial charge in [-0.05, 0) is 17.9 Å². The first-order valence-electron chi connectivity index (χ1n) is 6.85. The number of nitrogens with one attached hydrogen (secondary N) is 1. The Labute approximate surface area is 121 Å². The van der Waals surface area contributed by atoms with Crippen molar-refractivity contribution >= 4 is 18.3 Å². The van der Waals surface area contributed by atoms with Crippen molar-refractivity contribution in [3.63, 3.8) is 0 Å². The molecule has 1 aliphatic rings. The summed E-state index contributed by atoms with van der Waals surface area (Å²) in [6.45, 7) is 0.754. The number of carbonyl (C=O) groups is 1. The third-order valence-corrected chi connectivity index (χ3v) is 3.77. The minimum absolute atomic E-state index is 0. The normalized spacial score (nSPS) is 16.7. The molecule has 1 amide bonds. The van der Waals surface area contributed by atoms with Gasteiger partial charge in [0.15, 0.2) is 0 Å². The minimum atomic E-state index is -0.547. The van der Waals surface area contributed by atoms with Crippen molar-refractivity contribution in [1.29, 1.82) is 0 Å². The van der Waals surface area contributed by atoms with Gasteiger partial charge in [-0.3, -0.25) is 4.79 Å². The fourth-order valence-corrected chi connectivity index (χ4v) is 2.62. The lowest BCUT2D eigenvalue weighted by Crippen LogP contribution is -2.35. The van der Waals surface area contributed by atoms with Crippen LogP contribution >= 0.6 is 12.4 Å². The molecule has 106 valence electrons. The molecule has 0 bridgehead atoms. The molecule has 1 atom stereocenters. The monoisotopic (exact) mass is 282 g/mol. The molecule has 1 aromatic rings. The number of nitrogens with two attached hydrogens (primary N) is 1. The summed E-state index contributed by atoms with van der Waals surface area (Å²) in [5.74, 6) is 0.734. The Morgan fingerprint density at radius 1 is 1.26 bits per heavy atom. The Morgan fingerprint density at radius 3 is 2.53 bits per heavy atom. The van der Waals surface area contributed by atoms with Crippen molar-refractivity contribution in [3.05, 3.63) is 35.9 Å². The summed E-state index contributed by atoms with van der Waals surface area (Å²) in [4.78, 5) is 11.9. The van der Waals surface area contributed by atoms with E-state index < -0.39 is 6.04 Å². The third kappa shape index (κ3) is 4.84. The molecule has 0 heterocycles. The number of halogens is 1. The summed E-state index contributed by atoms with van der Waals surface area (Å²) in [7, 11) is 0. The smallest absolute Gasteiger partial charge is 0.241 e. The molecule has 1 saturated carbocycles. The number of carbonyl (C=O) groups excluding carboxylic acids is 1. The maximum absolute atomic E-state index is 11.9. The first-order chi connectivity index (χ1) is 8.77. The highest BCUT2D eigenvalue weighted by molar-refractivity contribution is 5.85. The molecule has 0 radical (unpaired) electrons. The minimum Gasteiger partial charge on any atom is -0.354 e. The van der Waals surface area contributed by atoms with Gasteiger partial charge in [0.25, 0.3) is 0 Å². The van der Waals surface area contributed by atoms with Crippen molar-refractivity contribution in [2.45, 2.75) is 38.1 Å². The number of rotatable bonds is 5. The molecule has 3 N–H and O–H groups in total. The molecular formula is C15H23ClN2O. The predicted molar refractivity (Wildman–Crippen MR) is 80.2 cm³/mol. The van der Waals surface area contributed by atoms with Crippen LogP contribution in [0.1, 0.15) is 43.7 Å². The van der Waals surface area contributed by atoms with Crippen LogP contribution in [0.25, 0.3) is 0 Å². The molecular weight excluding hydrogens is 260 g/mol. The quantitative estimate of drug-likeness (QED) is 0.872. The zero-order valence-corrected chi connectivity index (χ0v) is 12.0. The van der Waals surface area contributed by atoms with E-state index in [0.29, 0.717) is 0 Å². The largest absolute Gasteiger partial charge is 0.354 e. The number of hydrogen-bond donors (Lipinski definition) is 2. The maximum atomic E-state index is 11.9.